The van der Waals surface area contributed by atoms with Crippen molar-refractivity contribution in [2.45, 2.75) is 12.8 Å². The van der Waals surface area contributed by atoms with Gasteiger partial charge in [-0.25, -0.2) is 0 Å². The van der Waals surface area contributed by atoms with Crippen LogP contribution in [0.5, 0.6) is 0 Å². The highest BCUT2D eigenvalue weighted by Gasteiger charge is 2.28. The maximum atomic E-state index is 12.3. The SMILES string of the molecule is N#C/C(=C/Nc1ccc(Br)cc1)C(=O)N1CCC(C(=O)O)CC1. The lowest BCUT2D eigenvalue weighted by Crippen LogP contribution is -2.40. The Morgan fingerprint density at radius 1 is 1.30 bits per heavy atom. The number of carboxylic acid groups (broad SMARTS) is 1. The van der Waals surface area contributed by atoms with Crippen molar-refractivity contribution in [3.8, 4) is 6.07 Å². The number of likely N-dealkylation sites (tertiary alicyclic amines) is 1. The molecular weight excluding hydrogens is 362 g/mol. The number of carboxylic acids is 1. The van der Waals surface area contributed by atoms with Gasteiger partial charge in [-0.05, 0) is 37.1 Å². The van der Waals surface area contributed by atoms with Crippen molar-refractivity contribution in [1.29, 1.82) is 5.26 Å². The maximum absolute atomic E-state index is 12.3. The van der Waals surface area contributed by atoms with Gasteiger partial charge in [0.15, 0.2) is 0 Å². The van der Waals surface area contributed by atoms with E-state index in [1.807, 2.05) is 30.3 Å². The molecule has 1 amide bonds. The Hall–Kier alpha value is -2.33. The topological polar surface area (TPSA) is 93.4 Å². The second-order valence-electron chi connectivity index (χ2n) is 5.23. The number of benzene rings is 1. The molecule has 6 nitrogen and oxygen atoms in total. The van der Waals surface area contributed by atoms with Crippen molar-refractivity contribution < 1.29 is 14.7 Å². The van der Waals surface area contributed by atoms with Crippen molar-refractivity contribution >= 4 is 33.5 Å². The molecule has 23 heavy (non-hydrogen) atoms. The van der Waals surface area contributed by atoms with Gasteiger partial charge in [0, 0.05) is 29.4 Å². The van der Waals surface area contributed by atoms with Gasteiger partial charge in [-0.15, -0.1) is 0 Å². The molecule has 2 N–H and O–H groups in total. The normalized spacial score (nSPS) is 15.8. The number of nitrogens with zero attached hydrogens (tertiary/aromatic N) is 2. The van der Waals surface area contributed by atoms with E-state index in [0.717, 1.165) is 10.2 Å². The average molecular weight is 378 g/mol. The monoisotopic (exact) mass is 377 g/mol. The molecular formula is C16H16BrN3O3. The van der Waals surface area contributed by atoms with Crippen LogP contribution in [0.4, 0.5) is 5.69 Å². The van der Waals surface area contributed by atoms with Crippen LogP contribution in [-0.4, -0.2) is 35.0 Å². The van der Waals surface area contributed by atoms with Crippen molar-refractivity contribution in [2.24, 2.45) is 5.92 Å². The number of amides is 1. The first-order valence-electron chi connectivity index (χ1n) is 7.15. The minimum absolute atomic E-state index is 0.00157. The lowest BCUT2D eigenvalue weighted by molar-refractivity contribution is -0.145. The van der Waals surface area contributed by atoms with Crippen molar-refractivity contribution in [3.05, 3.63) is 40.5 Å². The Balaban J connectivity index is 1.99. The smallest absolute Gasteiger partial charge is 0.306 e. The van der Waals surface area contributed by atoms with Crippen LogP contribution in [0.25, 0.3) is 0 Å². The highest BCUT2D eigenvalue weighted by molar-refractivity contribution is 9.10. The Kier molecular flexibility index (Phi) is 5.77. The summed E-state index contributed by atoms with van der Waals surface area (Å²) in [4.78, 5) is 24.8. The summed E-state index contributed by atoms with van der Waals surface area (Å²) in [6, 6.07) is 9.23. The number of anilines is 1. The summed E-state index contributed by atoms with van der Waals surface area (Å²) >= 11 is 3.33. The number of aliphatic carboxylic acids is 1. The van der Waals surface area contributed by atoms with Crippen molar-refractivity contribution in [1.82, 2.24) is 4.90 Å². The fraction of sp³-hybridized carbons (Fsp3) is 0.312. The highest BCUT2D eigenvalue weighted by atomic mass is 79.9. The maximum Gasteiger partial charge on any atom is 0.306 e. The molecule has 2 rings (SSSR count). The summed E-state index contributed by atoms with van der Waals surface area (Å²) in [5, 5.41) is 21.1. The average Bonchev–Trinajstić information content (AvgIpc) is 2.57. The number of piperidine rings is 1. The second-order valence-corrected chi connectivity index (χ2v) is 6.14. The molecule has 1 heterocycles. The molecule has 0 saturated carbocycles. The number of hydrogen-bond donors (Lipinski definition) is 2. The zero-order valence-corrected chi connectivity index (χ0v) is 13.9. The van der Waals surface area contributed by atoms with E-state index in [0.29, 0.717) is 25.9 Å². The molecule has 0 radical (unpaired) electrons. The number of carbonyl (C=O) groups is 2. The molecule has 1 aliphatic heterocycles. The summed E-state index contributed by atoms with van der Waals surface area (Å²) in [6.45, 7) is 0.709. The minimum Gasteiger partial charge on any atom is -0.481 e. The van der Waals surface area contributed by atoms with Gasteiger partial charge in [-0.3, -0.25) is 9.59 Å². The number of hydrogen-bond acceptors (Lipinski definition) is 4. The third-order valence-corrected chi connectivity index (χ3v) is 4.24. The number of nitriles is 1. The molecule has 1 aromatic carbocycles. The summed E-state index contributed by atoms with van der Waals surface area (Å²) in [7, 11) is 0. The van der Waals surface area contributed by atoms with Crippen LogP contribution in [0.2, 0.25) is 0 Å². The van der Waals surface area contributed by atoms with E-state index >= 15 is 0 Å². The quantitative estimate of drug-likeness (QED) is 0.621. The van der Waals surface area contributed by atoms with Gasteiger partial charge >= 0.3 is 5.97 Å². The molecule has 0 spiro atoms. The summed E-state index contributed by atoms with van der Waals surface area (Å²) in [5.41, 5.74) is 0.764. The summed E-state index contributed by atoms with van der Waals surface area (Å²) in [6.07, 6.45) is 2.22. The molecule has 1 aromatic rings. The van der Waals surface area contributed by atoms with E-state index in [2.05, 4.69) is 21.2 Å². The van der Waals surface area contributed by atoms with Gasteiger partial charge in [0.1, 0.15) is 11.6 Å². The van der Waals surface area contributed by atoms with Crippen molar-refractivity contribution in [3.63, 3.8) is 0 Å². The Labute approximate surface area is 142 Å². The van der Waals surface area contributed by atoms with Crippen LogP contribution in [0.15, 0.2) is 40.5 Å². The van der Waals surface area contributed by atoms with Gasteiger partial charge in [0.2, 0.25) is 0 Å². The Morgan fingerprint density at radius 3 is 2.43 bits per heavy atom. The number of halogens is 1. The molecule has 120 valence electrons. The van der Waals surface area contributed by atoms with E-state index in [-0.39, 0.29) is 11.5 Å². The first-order chi connectivity index (χ1) is 11.0. The molecule has 7 heteroatoms. The number of rotatable bonds is 4. The minimum atomic E-state index is -0.829. The van der Waals surface area contributed by atoms with Crippen molar-refractivity contribution in [2.75, 3.05) is 18.4 Å². The largest absolute Gasteiger partial charge is 0.481 e. The van der Waals surface area contributed by atoms with Gasteiger partial charge < -0.3 is 15.3 Å². The van der Waals surface area contributed by atoms with E-state index in [4.69, 9.17) is 5.11 Å². The fourth-order valence-electron chi connectivity index (χ4n) is 2.34. The van der Waals surface area contributed by atoms with Gasteiger partial charge in [0.25, 0.3) is 5.91 Å². The number of carbonyl (C=O) groups excluding carboxylic acids is 1. The predicted molar refractivity (Wildman–Crippen MR) is 88.4 cm³/mol. The zero-order chi connectivity index (χ0) is 16.8. The van der Waals surface area contributed by atoms with E-state index in [1.165, 1.54) is 11.1 Å². The van der Waals surface area contributed by atoms with Crippen LogP contribution in [-0.2, 0) is 9.59 Å². The van der Waals surface area contributed by atoms with Gasteiger partial charge in [-0.1, -0.05) is 15.9 Å². The van der Waals surface area contributed by atoms with E-state index < -0.39 is 11.9 Å². The second kappa shape index (κ2) is 7.79. The molecule has 0 aromatic heterocycles. The molecule has 0 aliphatic carbocycles. The Morgan fingerprint density at radius 2 is 1.91 bits per heavy atom. The van der Waals surface area contributed by atoms with Crippen LogP contribution < -0.4 is 5.32 Å². The van der Waals surface area contributed by atoms with Gasteiger partial charge in [0.05, 0.1) is 5.92 Å². The van der Waals surface area contributed by atoms with E-state index in [1.54, 1.807) is 0 Å². The fourth-order valence-corrected chi connectivity index (χ4v) is 2.61. The summed E-state index contributed by atoms with van der Waals surface area (Å²) < 4.78 is 0.935. The molecule has 0 atom stereocenters. The molecule has 0 unspecified atom stereocenters. The first-order valence-corrected chi connectivity index (χ1v) is 7.95. The lowest BCUT2D eigenvalue weighted by Gasteiger charge is -2.29. The molecule has 1 aliphatic rings. The third kappa shape index (κ3) is 4.57. The van der Waals surface area contributed by atoms with Crippen LogP contribution in [0.3, 0.4) is 0 Å². The molecule has 1 fully saturated rings. The Bertz CT molecular complexity index is 656. The number of nitrogens with one attached hydrogen (secondary N) is 1. The predicted octanol–water partition coefficient (Wildman–Crippen LogP) is 2.59. The lowest BCUT2D eigenvalue weighted by atomic mass is 9.97. The molecule has 0 bridgehead atoms. The van der Waals surface area contributed by atoms with Crippen LogP contribution >= 0.6 is 15.9 Å². The van der Waals surface area contributed by atoms with Gasteiger partial charge in [-0.2, -0.15) is 5.26 Å². The summed E-state index contributed by atoms with van der Waals surface area (Å²) in [5.74, 6) is -1.61. The van der Waals surface area contributed by atoms with Crippen LogP contribution in [0, 0.1) is 17.2 Å². The zero-order valence-electron chi connectivity index (χ0n) is 12.3. The highest BCUT2D eigenvalue weighted by Crippen LogP contribution is 2.19. The first kappa shape index (κ1) is 17.0. The molecule has 1 saturated heterocycles. The standard InChI is InChI=1S/C16H16BrN3O3/c17-13-1-3-14(4-2-13)19-10-12(9-18)15(21)20-7-5-11(6-8-20)16(22)23/h1-4,10-11,19H,5-8H2,(H,22,23)/b12-10-. The van der Waals surface area contributed by atoms with Crippen LogP contribution in [0.1, 0.15) is 12.8 Å². The third-order valence-electron chi connectivity index (χ3n) is 3.71. The van der Waals surface area contributed by atoms with E-state index in [9.17, 15) is 14.9 Å².